The van der Waals surface area contributed by atoms with Crippen molar-refractivity contribution in [2.24, 2.45) is 11.3 Å². The van der Waals surface area contributed by atoms with Crippen molar-refractivity contribution >= 4 is 5.97 Å². The van der Waals surface area contributed by atoms with Crippen LogP contribution in [-0.2, 0) is 9.53 Å². The van der Waals surface area contributed by atoms with Gasteiger partial charge in [-0.05, 0) is 17.4 Å². The van der Waals surface area contributed by atoms with E-state index in [1.54, 1.807) is 0 Å². The summed E-state index contributed by atoms with van der Waals surface area (Å²) in [5, 5.41) is 0. The zero-order valence-corrected chi connectivity index (χ0v) is 12.3. The van der Waals surface area contributed by atoms with Crippen LogP contribution in [0.25, 0.3) is 0 Å². The third-order valence-corrected chi connectivity index (χ3v) is 4.06. The smallest absolute Gasteiger partial charge is 0.330 e. The van der Waals surface area contributed by atoms with Gasteiger partial charge in [0.15, 0.2) is 0 Å². The van der Waals surface area contributed by atoms with Gasteiger partial charge >= 0.3 is 5.97 Å². The van der Waals surface area contributed by atoms with E-state index < -0.39 is 0 Å². The second-order valence-corrected chi connectivity index (χ2v) is 5.79. The molecule has 0 spiro atoms. The van der Waals surface area contributed by atoms with E-state index in [1.165, 1.54) is 11.6 Å². The van der Waals surface area contributed by atoms with Crippen molar-refractivity contribution in [1.29, 1.82) is 0 Å². The van der Waals surface area contributed by atoms with E-state index in [9.17, 15) is 4.79 Å². The molecule has 0 radical (unpaired) electrons. The molecule has 0 heterocycles. The maximum absolute atomic E-state index is 11.2. The summed E-state index contributed by atoms with van der Waals surface area (Å²) in [5.41, 5.74) is 1.24. The fourth-order valence-electron chi connectivity index (χ4n) is 2.17. The normalized spacial score (nSPS) is 14.5. The minimum atomic E-state index is -0.354. The highest BCUT2D eigenvalue weighted by atomic mass is 16.5. The number of rotatable bonds is 6. The van der Waals surface area contributed by atoms with Crippen LogP contribution < -0.4 is 0 Å². The molecule has 0 aliphatic carbocycles. The fourth-order valence-corrected chi connectivity index (χ4v) is 2.17. The van der Waals surface area contributed by atoms with E-state index in [-0.39, 0.29) is 11.4 Å². The lowest BCUT2D eigenvalue weighted by Crippen LogP contribution is -2.31. The van der Waals surface area contributed by atoms with Crippen molar-refractivity contribution in [1.82, 2.24) is 0 Å². The molecule has 1 rings (SSSR count). The number of hydrogen-bond acceptors (Lipinski definition) is 2. The third kappa shape index (κ3) is 4.23. The van der Waals surface area contributed by atoms with Crippen LogP contribution in [-0.4, -0.2) is 12.6 Å². The predicted molar refractivity (Wildman–Crippen MR) is 79.0 cm³/mol. The molecule has 0 N–H and O–H groups in total. The Morgan fingerprint density at radius 3 is 2.42 bits per heavy atom. The molecule has 2 atom stereocenters. The van der Waals surface area contributed by atoms with Gasteiger partial charge in [0.1, 0.15) is 0 Å². The molecule has 0 aromatic heterocycles. The van der Waals surface area contributed by atoms with Gasteiger partial charge in [-0.3, -0.25) is 0 Å². The average Bonchev–Trinajstić information content (AvgIpc) is 2.44. The molecule has 0 saturated carbocycles. The Balaban J connectivity index is 2.71. The molecular weight excluding hydrogens is 236 g/mol. The Bertz CT molecular complexity index is 420. The van der Waals surface area contributed by atoms with Gasteiger partial charge in [-0.1, -0.05) is 64.6 Å². The number of carbonyl (C=O) groups is 1. The molecule has 0 aliphatic heterocycles. The molecular formula is C17H24O2. The first kappa shape index (κ1) is 15.5. The highest BCUT2D eigenvalue weighted by Gasteiger charge is 2.31. The van der Waals surface area contributed by atoms with Crippen LogP contribution in [0.5, 0.6) is 0 Å². The quantitative estimate of drug-likeness (QED) is 0.566. The van der Waals surface area contributed by atoms with E-state index in [0.717, 1.165) is 0 Å². The van der Waals surface area contributed by atoms with Crippen molar-refractivity contribution in [3.63, 3.8) is 0 Å². The molecule has 0 saturated heterocycles. The van der Waals surface area contributed by atoms with Gasteiger partial charge in [-0.15, -0.1) is 0 Å². The second kappa shape index (κ2) is 6.55. The molecule has 104 valence electrons. The molecule has 19 heavy (non-hydrogen) atoms. The summed E-state index contributed by atoms with van der Waals surface area (Å²) in [6.07, 6.45) is 1.21. The van der Waals surface area contributed by atoms with Crippen LogP contribution in [0.3, 0.4) is 0 Å². The molecule has 0 bridgehead atoms. The summed E-state index contributed by atoms with van der Waals surface area (Å²) in [5.74, 6) is 0.457. The lowest BCUT2D eigenvalue weighted by molar-refractivity contribution is -0.141. The molecule has 1 aromatic rings. The molecule has 0 aliphatic rings. The molecule has 2 heteroatoms. The van der Waals surface area contributed by atoms with Gasteiger partial charge in [0.2, 0.25) is 0 Å². The Hall–Kier alpha value is -1.57. The maximum Gasteiger partial charge on any atom is 0.330 e. The van der Waals surface area contributed by atoms with Gasteiger partial charge in [-0.25, -0.2) is 4.79 Å². The van der Waals surface area contributed by atoms with Crippen molar-refractivity contribution in [2.75, 3.05) is 6.61 Å². The lowest BCUT2D eigenvalue weighted by atomic mass is 9.72. The Morgan fingerprint density at radius 1 is 1.32 bits per heavy atom. The first-order chi connectivity index (χ1) is 8.88. The summed E-state index contributed by atoms with van der Waals surface area (Å²) < 4.78 is 5.21. The fraction of sp³-hybridized carbons (Fsp3) is 0.471. The zero-order chi connectivity index (χ0) is 14.5. The van der Waals surface area contributed by atoms with Crippen LogP contribution in [0.4, 0.5) is 0 Å². The largest absolute Gasteiger partial charge is 0.462 e. The number of benzene rings is 1. The van der Waals surface area contributed by atoms with E-state index >= 15 is 0 Å². The Morgan fingerprint density at radius 2 is 1.89 bits per heavy atom. The predicted octanol–water partition coefficient (Wildman–Crippen LogP) is 4.18. The Kier molecular flexibility index (Phi) is 5.34. The van der Waals surface area contributed by atoms with Gasteiger partial charge in [0.05, 0.1) is 6.61 Å². The standard InChI is InChI=1S/C17H24O2/c1-6-16(18)19-12-17(4,5)14(3)13(2)15-10-8-7-9-11-15/h6-11,13-14H,1,12H2,2-5H3/t13-,14+/m1/s1. The lowest BCUT2D eigenvalue weighted by Gasteiger charge is -2.35. The topological polar surface area (TPSA) is 26.3 Å². The highest BCUT2D eigenvalue weighted by Crippen LogP contribution is 2.37. The number of hydrogen-bond donors (Lipinski definition) is 0. The van der Waals surface area contributed by atoms with E-state index in [2.05, 4.69) is 58.5 Å². The molecule has 2 nitrogen and oxygen atoms in total. The van der Waals surface area contributed by atoms with E-state index in [1.807, 2.05) is 6.07 Å². The third-order valence-electron chi connectivity index (χ3n) is 4.06. The minimum Gasteiger partial charge on any atom is -0.462 e. The molecule has 1 aromatic carbocycles. The van der Waals surface area contributed by atoms with Crippen LogP contribution >= 0.6 is 0 Å². The molecule has 0 amide bonds. The Labute approximate surface area is 116 Å². The van der Waals surface area contributed by atoms with Gasteiger partial charge in [-0.2, -0.15) is 0 Å². The number of esters is 1. The summed E-state index contributed by atoms with van der Waals surface area (Å²) >= 11 is 0. The van der Waals surface area contributed by atoms with Crippen LogP contribution in [0.15, 0.2) is 43.0 Å². The van der Waals surface area contributed by atoms with Crippen LogP contribution in [0, 0.1) is 11.3 Å². The van der Waals surface area contributed by atoms with Crippen molar-refractivity contribution in [2.45, 2.75) is 33.6 Å². The summed E-state index contributed by atoms with van der Waals surface area (Å²) in [7, 11) is 0. The first-order valence-electron chi connectivity index (χ1n) is 6.72. The molecule has 0 unspecified atom stereocenters. The summed E-state index contributed by atoms with van der Waals surface area (Å²) in [6, 6.07) is 10.4. The second-order valence-electron chi connectivity index (χ2n) is 5.79. The monoisotopic (exact) mass is 260 g/mol. The van der Waals surface area contributed by atoms with E-state index in [0.29, 0.717) is 18.4 Å². The van der Waals surface area contributed by atoms with Crippen molar-refractivity contribution in [3.8, 4) is 0 Å². The average molecular weight is 260 g/mol. The van der Waals surface area contributed by atoms with E-state index in [4.69, 9.17) is 4.74 Å². The molecule has 0 fully saturated rings. The van der Waals surface area contributed by atoms with Crippen LogP contribution in [0.2, 0.25) is 0 Å². The van der Waals surface area contributed by atoms with Gasteiger partial charge < -0.3 is 4.74 Å². The number of carbonyl (C=O) groups excluding carboxylic acids is 1. The summed E-state index contributed by atoms with van der Waals surface area (Å²) in [6.45, 7) is 12.5. The minimum absolute atomic E-state index is 0.0755. The van der Waals surface area contributed by atoms with Crippen molar-refractivity contribution in [3.05, 3.63) is 48.6 Å². The zero-order valence-electron chi connectivity index (χ0n) is 12.3. The summed E-state index contributed by atoms with van der Waals surface area (Å²) in [4.78, 5) is 11.2. The maximum atomic E-state index is 11.2. The van der Waals surface area contributed by atoms with Gasteiger partial charge in [0, 0.05) is 11.5 Å². The van der Waals surface area contributed by atoms with Crippen LogP contribution in [0.1, 0.15) is 39.2 Å². The van der Waals surface area contributed by atoms with Crippen molar-refractivity contribution < 1.29 is 9.53 Å². The number of ether oxygens (including phenoxy) is 1. The highest BCUT2D eigenvalue weighted by molar-refractivity contribution is 5.81. The van der Waals surface area contributed by atoms with Gasteiger partial charge in [0.25, 0.3) is 0 Å². The first-order valence-corrected chi connectivity index (χ1v) is 6.72. The SMILES string of the molecule is C=CC(=O)OCC(C)(C)[C@@H](C)[C@@H](C)c1ccccc1.